The van der Waals surface area contributed by atoms with Crippen LogP contribution in [0.5, 0.6) is 0 Å². The highest BCUT2D eigenvalue weighted by Gasteiger charge is 2.42. The SMILES string of the molecule is CSc1ccc([C@H]2NC(=O)N(CC(=O)Nc3ccc(C)c(C)c3)C3=C2C(=O)OC3)cc1. The van der Waals surface area contributed by atoms with Gasteiger partial charge in [0.15, 0.2) is 0 Å². The number of carbonyl (C=O) groups excluding carboxylic acids is 3. The van der Waals surface area contributed by atoms with Gasteiger partial charge < -0.3 is 15.4 Å². The number of aryl methyl sites for hydroxylation is 2. The molecule has 0 aromatic heterocycles. The first kappa shape index (κ1) is 21.0. The zero-order valence-corrected chi connectivity index (χ0v) is 18.3. The van der Waals surface area contributed by atoms with Crippen LogP contribution in [-0.2, 0) is 14.3 Å². The van der Waals surface area contributed by atoms with Crippen molar-refractivity contribution < 1.29 is 19.1 Å². The van der Waals surface area contributed by atoms with Crippen molar-refractivity contribution >= 4 is 35.4 Å². The van der Waals surface area contributed by atoms with E-state index in [1.165, 1.54) is 4.90 Å². The summed E-state index contributed by atoms with van der Waals surface area (Å²) in [6.07, 6.45) is 1.98. The van der Waals surface area contributed by atoms with Gasteiger partial charge in [0.25, 0.3) is 0 Å². The number of nitrogens with zero attached hydrogens (tertiary/aromatic N) is 1. The molecule has 8 heteroatoms. The van der Waals surface area contributed by atoms with Crippen molar-refractivity contribution in [1.29, 1.82) is 0 Å². The number of cyclic esters (lactones) is 1. The van der Waals surface area contributed by atoms with E-state index in [0.717, 1.165) is 21.6 Å². The third-order valence-electron chi connectivity index (χ3n) is 5.54. The molecule has 0 bridgehead atoms. The molecular weight excluding hydrogens is 414 g/mol. The predicted molar refractivity (Wildman–Crippen MR) is 119 cm³/mol. The van der Waals surface area contributed by atoms with E-state index in [-0.39, 0.29) is 19.1 Å². The molecule has 0 spiro atoms. The molecule has 2 heterocycles. The molecule has 7 nitrogen and oxygen atoms in total. The van der Waals surface area contributed by atoms with E-state index in [0.29, 0.717) is 17.0 Å². The summed E-state index contributed by atoms with van der Waals surface area (Å²) in [5.41, 5.74) is 4.44. The van der Waals surface area contributed by atoms with Crippen LogP contribution in [-0.4, -0.2) is 42.2 Å². The molecule has 2 aromatic carbocycles. The van der Waals surface area contributed by atoms with Crippen molar-refractivity contribution in [2.24, 2.45) is 0 Å². The molecule has 4 rings (SSSR count). The normalized spacial score (nSPS) is 17.9. The Kier molecular flexibility index (Phi) is 5.73. The average molecular weight is 438 g/mol. The molecule has 2 aliphatic heterocycles. The number of hydrogen-bond acceptors (Lipinski definition) is 5. The number of carbonyl (C=O) groups is 3. The monoisotopic (exact) mass is 437 g/mol. The predicted octanol–water partition coefficient (Wildman–Crippen LogP) is 3.54. The highest BCUT2D eigenvalue weighted by atomic mass is 32.2. The van der Waals surface area contributed by atoms with Gasteiger partial charge in [-0.05, 0) is 61.1 Å². The molecule has 3 amide bonds. The molecule has 2 N–H and O–H groups in total. The van der Waals surface area contributed by atoms with Gasteiger partial charge in [-0.1, -0.05) is 18.2 Å². The van der Waals surface area contributed by atoms with Crippen LogP contribution in [0.15, 0.2) is 58.6 Å². The smallest absolute Gasteiger partial charge is 0.338 e. The maximum atomic E-state index is 12.9. The third-order valence-corrected chi connectivity index (χ3v) is 6.28. The lowest BCUT2D eigenvalue weighted by Gasteiger charge is -2.32. The van der Waals surface area contributed by atoms with E-state index in [1.807, 2.05) is 62.6 Å². The number of ether oxygens (including phenoxy) is 1. The lowest BCUT2D eigenvalue weighted by Crippen LogP contribution is -2.49. The first-order valence-corrected chi connectivity index (χ1v) is 11.1. The second-order valence-corrected chi connectivity index (χ2v) is 8.41. The van der Waals surface area contributed by atoms with Gasteiger partial charge >= 0.3 is 12.0 Å². The molecule has 0 unspecified atom stereocenters. The minimum Gasteiger partial charge on any atom is -0.456 e. The van der Waals surface area contributed by atoms with Gasteiger partial charge in [0, 0.05) is 10.6 Å². The van der Waals surface area contributed by atoms with Gasteiger partial charge in [-0.2, -0.15) is 0 Å². The molecule has 0 radical (unpaired) electrons. The fourth-order valence-corrected chi connectivity index (χ4v) is 4.10. The largest absolute Gasteiger partial charge is 0.456 e. The number of hydrogen-bond donors (Lipinski definition) is 2. The van der Waals surface area contributed by atoms with Crippen molar-refractivity contribution in [2.45, 2.75) is 24.8 Å². The van der Waals surface area contributed by atoms with Crippen molar-refractivity contribution in [3.05, 3.63) is 70.4 Å². The number of thioether (sulfide) groups is 1. The number of nitrogens with one attached hydrogen (secondary N) is 2. The zero-order chi connectivity index (χ0) is 22.1. The van der Waals surface area contributed by atoms with Crippen LogP contribution in [0, 0.1) is 13.8 Å². The number of benzene rings is 2. The van der Waals surface area contributed by atoms with Crippen molar-refractivity contribution in [2.75, 3.05) is 24.7 Å². The molecule has 1 atom stereocenters. The van der Waals surface area contributed by atoms with Crippen LogP contribution in [0.25, 0.3) is 0 Å². The highest BCUT2D eigenvalue weighted by molar-refractivity contribution is 7.98. The van der Waals surface area contributed by atoms with Gasteiger partial charge in [-0.3, -0.25) is 9.69 Å². The Morgan fingerprint density at radius 2 is 1.90 bits per heavy atom. The van der Waals surface area contributed by atoms with Crippen LogP contribution in [0.3, 0.4) is 0 Å². The second kappa shape index (κ2) is 8.47. The van der Waals surface area contributed by atoms with Crippen molar-refractivity contribution in [1.82, 2.24) is 10.2 Å². The quantitative estimate of drug-likeness (QED) is 0.552. The third kappa shape index (κ3) is 4.16. The average Bonchev–Trinajstić information content (AvgIpc) is 3.14. The van der Waals surface area contributed by atoms with Gasteiger partial charge in [-0.15, -0.1) is 11.8 Å². The van der Waals surface area contributed by atoms with E-state index in [1.54, 1.807) is 11.8 Å². The summed E-state index contributed by atoms with van der Waals surface area (Å²) in [6, 6.07) is 12.2. The molecule has 2 aromatic rings. The van der Waals surface area contributed by atoms with Crippen molar-refractivity contribution in [3.63, 3.8) is 0 Å². The van der Waals surface area contributed by atoms with E-state index >= 15 is 0 Å². The topological polar surface area (TPSA) is 87.7 Å². The molecular formula is C23H23N3O4S. The number of anilines is 1. The fraction of sp³-hybridized carbons (Fsp3) is 0.261. The van der Waals surface area contributed by atoms with Gasteiger partial charge in [-0.25, -0.2) is 9.59 Å². The first-order valence-electron chi connectivity index (χ1n) is 9.86. The summed E-state index contributed by atoms with van der Waals surface area (Å²) >= 11 is 1.61. The minimum atomic E-state index is -0.604. The highest BCUT2D eigenvalue weighted by Crippen LogP contribution is 2.35. The van der Waals surface area contributed by atoms with Crippen LogP contribution in [0.2, 0.25) is 0 Å². The first-order chi connectivity index (χ1) is 14.9. The van der Waals surface area contributed by atoms with E-state index in [2.05, 4.69) is 10.6 Å². The maximum absolute atomic E-state index is 12.9. The molecule has 160 valence electrons. The van der Waals surface area contributed by atoms with E-state index < -0.39 is 18.0 Å². The number of urea groups is 1. The standard InChI is InChI=1S/C23H23N3O4S/c1-13-4-7-16(10-14(13)2)24-19(27)11-26-18-12-30-22(28)20(18)21(25-23(26)29)15-5-8-17(31-3)9-6-15/h4-10,21H,11-12H2,1-3H3,(H,24,27)(H,25,29)/t21-/m1/s1. The molecule has 0 fully saturated rings. The van der Waals surface area contributed by atoms with Crippen LogP contribution in [0.1, 0.15) is 22.7 Å². The number of rotatable bonds is 5. The Balaban J connectivity index is 1.57. The summed E-state index contributed by atoms with van der Waals surface area (Å²) in [4.78, 5) is 40.3. The van der Waals surface area contributed by atoms with Crippen molar-refractivity contribution in [3.8, 4) is 0 Å². The Morgan fingerprint density at radius 1 is 1.16 bits per heavy atom. The summed E-state index contributed by atoms with van der Waals surface area (Å²) in [6.45, 7) is 3.72. The van der Waals surface area contributed by atoms with Crippen LogP contribution >= 0.6 is 11.8 Å². The van der Waals surface area contributed by atoms with E-state index in [9.17, 15) is 14.4 Å². The Labute approximate surface area is 184 Å². The molecule has 31 heavy (non-hydrogen) atoms. The summed E-state index contributed by atoms with van der Waals surface area (Å²) < 4.78 is 5.22. The lowest BCUT2D eigenvalue weighted by molar-refractivity contribution is -0.136. The molecule has 0 aliphatic carbocycles. The lowest BCUT2D eigenvalue weighted by atomic mass is 9.96. The number of esters is 1. The van der Waals surface area contributed by atoms with Gasteiger partial charge in [0.2, 0.25) is 5.91 Å². The molecule has 2 aliphatic rings. The molecule has 0 saturated heterocycles. The number of amides is 3. The zero-order valence-electron chi connectivity index (χ0n) is 17.5. The van der Waals surface area contributed by atoms with Crippen LogP contribution in [0.4, 0.5) is 10.5 Å². The fourth-order valence-electron chi connectivity index (χ4n) is 3.69. The Hall–Kier alpha value is -3.26. The molecule has 0 saturated carbocycles. The van der Waals surface area contributed by atoms with E-state index in [4.69, 9.17) is 4.74 Å². The van der Waals surface area contributed by atoms with Gasteiger partial charge in [0.05, 0.1) is 17.3 Å². The van der Waals surface area contributed by atoms with Gasteiger partial charge in [0.1, 0.15) is 13.2 Å². The summed E-state index contributed by atoms with van der Waals surface area (Å²) in [7, 11) is 0. The minimum absolute atomic E-state index is 0.0299. The maximum Gasteiger partial charge on any atom is 0.338 e. The Morgan fingerprint density at radius 3 is 2.58 bits per heavy atom. The Bertz CT molecular complexity index is 1090. The summed E-state index contributed by atoms with van der Waals surface area (Å²) in [5.74, 6) is -0.833. The second-order valence-electron chi connectivity index (χ2n) is 7.53. The summed E-state index contributed by atoms with van der Waals surface area (Å²) in [5, 5.41) is 5.66. The van der Waals surface area contributed by atoms with Crippen LogP contribution < -0.4 is 10.6 Å².